The smallest absolute Gasteiger partial charge is 0.225 e. The normalized spacial score (nSPS) is 25.1. The summed E-state index contributed by atoms with van der Waals surface area (Å²) in [6.45, 7) is 2.77. The van der Waals surface area contributed by atoms with E-state index in [4.69, 9.17) is 4.74 Å². The van der Waals surface area contributed by atoms with Gasteiger partial charge in [-0.3, -0.25) is 4.79 Å². The second-order valence-corrected chi connectivity index (χ2v) is 7.61. The molecule has 0 saturated carbocycles. The molecule has 1 unspecified atom stereocenters. The Bertz CT molecular complexity index is 866. The van der Waals surface area contributed by atoms with Crippen molar-refractivity contribution in [2.45, 2.75) is 43.9 Å². The Morgan fingerprint density at radius 3 is 2.23 bits per heavy atom. The third-order valence-corrected chi connectivity index (χ3v) is 6.14. The molecule has 132 valence electrons. The van der Waals surface area contributed by atoms with Gasteiger partial charge in [-0.15, -0.1) is 0 Å². The molecule has 0 radical (unpaired) electrons. The summed E-state index contributed by atoms with van der Waals surface area (Å²) in [5, 5.41) is 0. The fourth-order valence-electron chi connectivity index (χ4n) is 5.04. The molecule has 1 amide bonds. The van der Waals surface area contributed by atoms with E-state index in [1.807, 2.05) is 4.90 Å². The zero-order valence-electron chi connectivity index (χ0n) is 15.1. The number of ether oxygens (including phenoxy) is 1. The number of benzene rings is 2. The van der Waals surface area contributed by atoms with Gasteiger partial charge in [0.15, 0.2) is 0 Å². The molecule has 2 aliphatic heterocycles. The third-order valence-electron chi connectivity index (χ3n) is 6.14. The van der Waals surface area contributed by atoms with Crippen LogP contribution in [0.4, 0.5) is 0 Å². The summed E-state index contributed by atoms with van der Waals surface area (Å²) >= 11 is 0. The number of rotatable bonds is 2. The number of hydrogen-bond donors (Lipinski definition) is 0. The fraction of sp³-hybridized carbons (Fsp3) is 0.348. The highest BCUT2D eigenvalue weighted by molar-refractivity contribution is 5.82. The molecule has 1 atom stereocenters. The van der Waals surface area contributed by atoms with Gasteiger partial charge in [0.1, 0.15) is 11.3 Å². The first-order valence-electron chi connectivity index (χ1n) is 9.56. The van der Waals surface area contributed by atoms with Crippen LogP contribution in [0.1, 0.15) is 54.9 Å². The Balaban J connectivity index is 1.76. The Hall–Kier alpha value is -2.39. The number of amides is 1. The summed E-state index contributed by atoms with van der Waals surface area (Å²) < 4.78 is 7.01. The van der Waals surface area contributed by atoms with E-state index in [1.165, 1.54) is 22.3 Å². The molecule has 26 heavy (non-hydrogen) atoms. The number of hydrogen-bond acceptors (Lipinski definition) is 2. The van der Waals surface area contributed by atoms with Gasteiger partial charge in [0, 0.05) is 12.8 Å². The van der Waals surface area contributed by atoms with Crippen molar-refractivity contribution in [3.63, 3.8) is 0 Å². The molecule has 2 aromatic rings. The first-order valence-corrected chi connectivity index (χ1v) is 9.56. The monoisotopic (exact) mass is 345 g/mol. The van der Waals surface area contributed by atoms with E-state index >= 15 is 0 Å². The van der Waals surface area contributed by atoms with Crippen molar-refractivity contribution < 1.29 is 9.53 Å². The zero-order valence-corrected chi connectivity index (χ0v) is 15.1. The van der Waals surface area contributed by atoms with Gasteiger partial charge in [-0.1, -0.05) is 74.0 Å². The topological polar surface area (TPSA) is 29.5 Å². The standard InChI is InChI=1S/C23H23NO2/c1-2-14-22-15-13-21(25)24(22)16-23(26-22)19-9-5-3-7-17(19)11-12-18-8-4-6-10-20(18)23/h3-12H,2,13-16H2,1H3. The Morgan fingerprint density at radius 2 is 1.62 bits per heavy atom. The van der Waals surface area contributed by atoms with Gasteiger partial charge in [-0.25, -0.2) is 0 Å². The number of fused-ring (bicyclic) bond motifs is 5. The summed E-state index contributed by atoms with van der Waals surface area (Å²) in [6.07, 6.45) is 7.62. The van der Waals surface area contributed by atoms with Crippen LogP contribution in [-0.2, 0) is 15.1 Å². The molecule has 3 nitrogen and oxygen atoms in total. The van der Waals surface area contributed by atoms with Gasteiger partial charge >= 0.3 is 0 Å². The highest BCUT2D eigenvalue weighted by Gasteiger charge is 2.60. The number of carbonyl (C=O) groups excluding carboxylic acids is 1. The maximum Gasteiger partial charge on any atom is 0.225 e. The van der Waals surface area contributed by atoms with Crippen LogP contribution in [0.25, 0.3) is 12.2 Å². The minimum absolute atomic E-state index is 0.225. The van der Waals surface area contributed by atoms with Crippen LogP contribution < -0.4 is 0 Å². The van der Waals surface area contributed by atoms with Crippen molar-refractivity contribution >= 4 is 18.1 Å². The largest absolute Gasteiger partial charge is 0.338 e. The third kappa shape index (κ3) is 2.01. The molecule has 2 fully saturated rings. The van der Waals surface area contributed by atoms with Crippen molar-refractivity contribution in [2.24, 2.45) is 0 Å². The van der Waals surface area contributed by atoms with E-state index in [0.29, 0.717) is 13.0 Å². The second kappa shape index (κ2) is 5.55. The van der Waals surface area contributed by atoms with Gasteiger partial charge in [0.05, 0.1) is 6.54 Å². The number of carbonyl (C=O) groups is 1. The van der Waals surface area contributed by atoms with Crippen LogP contribution in [0.15, 0.2) is 48.5 Å². The molecule has 2 aromatic carbocycles. The molecular weight excluding hydrogens is 322 g/mol. The first-order chi connectivity index (χ1) is 12.7. The van der Waals surface area contributed by atoms with Crippen molar-refractivity contribution in [2.75, 3.05) is 6.54 Å². The maximum atomic E-state index is 12.7. The lowest BCUT2D eigenvalue weighted by atomic mass is 9.83. The fourth-order valence-corrected chi connectivity index (χ4v) is 5.04. The van der Waals surface area contributed by atoms with Gasteiger partial charge in [-0.05, 0) is 28.7 Å². The van der Waals surface area contributed by atoms with Crippen LogP contribution in [0.5, 0.6) is 0 Å². The van der Waals surface area contributed by atoms with E-state index < -0.39 is 11.3 Å². The van der Waals surface area contributed by atoms with Gasteiger partial charge < -0.3 is 9.64 Å². The molecule has 2 heterocycles. The van der Waals surface area contributed by atoms with Crippen molar-refractivity contribution in [3.05, 3.63) is 70.8 Å². The lowest BCUT2D eigenvalue weighted by Crippen LogP contribution is -2.41. The quantitative estimate of drug-likeness (QED) is 0.798. The van der Waals surface area contributed by atoms with E-state index in [9.17, 15) is 4.79 Å². The Labute approximate surface area is 154 Å². The molecule has 5 rings (SSSR count). The molecule has 1 spiro atoms. The first kappa shape index (κ1) is 15.8. The van der Waals surface area contributed by atoms with Crippen molar-refractivity contribution in [1.29, 1.82) is 0 Å². The highest BCUT2D eigenvalue weighted by atomic mass is 16.6. The molecule has 3 aliphatic rings. The molecule has 2 saturated heterocycles. The summed E-state index contributed by atoms with van der Waals surface area (Å²) in [6, 6.07) is 16.9. The van der Waals surface area contributed by atoms with Crippen LogP contribution in [0, 0.1) is 0 Å². The average Bonchev–Trinajstić information content (AvgIpc) is 3.10. The average molecular weight is 345 g/mol. The minimum Gasteiger partial charge on any atom is -0.338 e. The lowest BCUT2D eigenvalue weighted by Gasteiger charge is -2.34. The second-order valence-electron chi connectivity index (χ2n) is 7.61. The van der Waals surface area contributed by atoms with E-state index in [1.54, 1.807) is 0 Å². The molecule has 0 aromatic heterocycles. The van der Waals surface area contributed by atoms with E-state index in [-0.39, 0.29) is 5.91 Å². The zero-order chi connectivity index (χ0) is 17.8. The minimum atomic E-state index is -0.595. The summed E-state index contributed by atoms with van der Waals surface area (Å²) in [5.74, 6) is 0.225. The predicted octanol–water partition coefficient (Wildman–Crippen LogP) is 4.56. The summed E-state index contributed by atoms with van der Waals surface area (Å²) in [5.41, 5.74) is 3.61. The SMILES string of the molecule is CCCC12CCC(=O)N1CC1(O2)c2ccccc2C=Cc2ccccc21. The molecule has 0 bridgehead atoms. The molecule has 3 heteroatoms. The van der Waals surface area contributed by atoms with E-state index in [0.717, 1.165) is 19.3 Å². The summed E-state index contributed by atoms with van der Waals surface area (Å²) in [4.78, 5) is 14.7. The van der Waals surface area contributed by atoms with Crippen molar-refractivity contribution in [3.8, 4) is 0 Å². The highest BCUT2D eigenvalue weighted by Crippen LogP contribution is 2.54. The molecule has 0 N–H and O–H groups in total. The van der Waals surface area contributed by atoms with Crippen LogP contribution >= 0.6 is 0 Å². The predicted molar refractivity (Wildman–Crippen MR) is 102 cm³/mol. The summed E-state index contributed by atoms with van der Waals surface area (Å²) in [7, 11) is 0. The van der Waals surface area contributed by atoms with Gasteiger partial charge in [-0.2, -0.15) is 0 Å². The van der Waals surface area contributed by atoms with Gasteiger partial charge in [0.25, 0.3) is 0 Å². The van der Waals surface area contributed by atoms with Crippen LogP contribution in [-0.4, -0.2) is 23.1 Å². The van der Waals surface area contributed by atoms with E-state index in [2.05, 4.69) is 67.6 Å². The lowest BCUT2D eigenvalue weighted by molar-refractivity contribution is -0.144. The molecular formula is C23H23NO2. The molecule has 1 aliphatic carbocycles. The number of nitrogens with zero attached hydrogens (tertiary/aromatic N) is 1. The van der Waals surface area contributed by atoms with Crippen molar-refractivity contribution in [1.82, 2.24) is 4.90 Å². The van der Waals surface area contributed by atoms with Crippen LogP contribution in [0.2, 0.25) is 0 Å². The maximum absolute atomic E-state index is 12.7. The van der Waals surface area contributed by atoms with Crippen LogP contribution in [0.3, 0.4) is 0 Å². The Morgan fingerprint density at radius 1 is 1.00 bits per heavy atom. The van der Waals surface area contributed by atoms with Gasteiger partial charge in [0.2, 0.25) is 5.91 Å². The Kier molecular flexibility index (Phi) is 3.38.